The third kappa shape index (κ3) is 7.03. The van der Waals surface area contributed by atoms with Crippen LogP contribution >= 0.6 is 35.8 Å². The molecule has 0 amide bonds. The average Bonchev–Trinajstić information content (AvgIpc) is 0.893. The van der Waals surface area contributed by atoms with Crippen molar-refractivity contribution < 1.29 is 9.47 Å². The highest BCUT2D eigenvalue weighted by Gasteiger charge is 2.49. The van der Waals surface area contributed by atoms with Gasteiger partial charge in [-0.2, -0.15) is 0 Å². The summed E-state index contributed by atoms with van der Waals surface area (Å²) in [5, 5.41) is 11.5. The number of para-hydroxylation sites is 8. The Hall–Kier alpha value is -10.7. The van der Waals surface area contributed by atoms with E-state index in [-0.39, 0.29) is 20.1 Å². The summed E-state index contributed by atoms with van der Waals surface area (Å²) in [5.41, 5.74) is 30.3. The van der Waals surface area contributed by atoms with Crippen molar-refractivity contribution in [2.24, 2.45) is 0 Å². The van der Waals surface area contributed by atoms with Crippen molar-refractivity contribution in [3.05, 3.63) is 255 Å². The number of rotatable bonds is 6. The normalized spacial score (nSPS) is 14.0. The van der Waals surface area contributed by atoms with Crippen molar-refractivity contribution in [2.75, 3.05) is 37.0 Å². The molecule has 0 unspecified atom stereocenters. The Bertz CT molecular complexity index is 6040. The molecule has 9 heterocycles. The minimum absolute atomic E-state index is 0.125. The SMILES string of the molecule is CSN1c2cc3c(cc2B2c4ccccc4Oc4cc(-n5c6ccccc6c6ccccc65)cc1c42)B1c2cc4c(cc2N(SC)c2cc(-n5c6ccccc6c6ccccc65)cc(c21)N3SC)Nc1cc(-n2c3ccccc3c3ccccc32)cc2c1B4c1ccccc1O2. The van der Waals surface area contributed by atoms with Crippen molar-refractivity contribution in [2.45, 2.75) is 0 Å². The van der Waals surface area contributed by atoms with Gasteiger partial charge in [-0.15, -0.1) is 0 Å². The van der Waals surface area contributed by atoms with E-state index in [2.05, 4.69) is 305 Å². The van der Waals surface area contributed by atoms with Gasteiger partial charge in [0.05, 0.1) is 67.2 Å². The van der Waals surface area contributed by atoms with Crippen molar-refractivity contribution >= 4 is 216 Å². The molecule has 15 heteroatoms. The van der Waals surface area contributed by atoms with Crippen LogP contribution in [0, 0.1) is 0 Å². The van der Waals surface area contributed by atoms with Gasteiger partial charge in [-0.05, 0) is 170 Å². The van der Waals surface area contributed by atoms with E-state index >= 15 is 0 Å². The zero-order chi connectivity index (χ0) is 62.9. The molecular weight excluding hydrogens is 1230 g/mol. The number of benzene rings is 13. The predicted octanol–water partition coefficient (Wildman–Crippen LogP) is 15.0. The summed E-state index contributed by atoms with van der Waals surface area (Å²) in [5.74, 6) is 3.50. The number of fused-ring (bicyclic) bond motifs is 21. The highest BCUT2D eigenvalue weighted by atomic mass is 32.2. The van der Waals surface area contributed by atoms with Gasteiger partial charge in [0.25, 0.3) is 20.1 Å². The summed E-state index contributed by atoms with van der Waals surface area (Å²) in [7, 11) is 0. The number of anilines is 8. The summed E-state index contributed by atoms with van der Waals surface area (Å²) in [6.07, 6.45) is 6.71. The van der Waals surface area contributed by atoms with Crippen LogP contribution in [-0.4, -0.2) is 52.6 Å². The lowest BCUT2D eigenvalue weighted by atomic mass is 9.29. The summed E-state index contributed by atoms with van der Waals surface area (Å²) in [6.45, 7) is -0.434. The van der Waals surface area contributed by atoms with Crippen LogP contribution in [0.3, 0.4) is 0 Å². The van der Waals surface area contributed by atoms with Crippen LogP contribution in [0.25, 0.3) is 82.5 Å². The van der Waals surface area contributed by atoms with Crippen molar-refractivity contribution in [3.8, 4) is 40.1 Å². The molecule has 1 N–H and O–H groups in total. The number of aromatic nitrogens is 3. The third-order valence-corrected chi connectivity index (χ3v) is 23.7. The Labute approximate surface area is 567 Å². The number of hydrogen-bond acceptors (Lipinski definition) is 9. The van der Waals surface area contributed by atoms with Crippen molar-refractivity contribution in [1.82, 2.24) is 13.7 Å². The molecule has 9 nitrogen and oxygen atoms in total. The van der Waals surface area contributed by atoms with Crippen molar-refractivity contribution in [3.63, 3.8) is 0 Å². The summed E-state index contributed by atoms with van der Waals surface area (Å²) in [4.78, 5) is 0. The smallest absolute Gasteiger partial charge is 0.256 e. The second-order valence-electron chi connectivity index (χ2n) is 25.9. The van der Waals surface area contributed by atoms with Crippen LogP contribution in [0.4, 0.5) is 45.5 Å². The van der Waals surface area contributed by atoms with Crippen LogP contribution in [0.1, 0.15) is 0 Å². The van der Waals surface area contributed by atoms with E-state index in [0.29, 0.717) is 0 Å². The molecule has 6 aliphatic heterocycles. The standard InChI is InChI=1S/C81H52B3N7O2S3/c1-94-89-69-44-61-57(82-55-26-10-18-34-75(55)92-77-40-46(36-62(85-61)79(77)82)86-63-28-12-4-20-49(63)50-21-5-13-29-64(50)86)42-58(69)84-60-43-59-70(45-71(60)90(95-2)73-38-47(37-72(89)80(73)84)87-65-30-14-6-22-51(65)52-23-7-15-31-66(52)87)91(96-3)74-39-48(41-78-81(74)83(59)56-27-11-19-35-76(56)93-78)88-67-32-16-8-24-53(67)54-25-9-17-33-68(54)88/h4-45,85H,1-3H3. The van der Waals surface area contributed by atoms with Gasteiger partial charge >= 0.3 is 0 Å². The van der Waals surface area contributed by atoms with E-state index < -0.39 is 0 Å². The van der Waals surface area contributed by atoms with E-state index in [4.69, 9.17) is 9.47 Å². The highest BCUT2D eigenvalue weighted by molar-refractivity contribution is 8.01. The first-order valence-electron chi connectivity index (χ1n) is 32.7. The van der Waals surface area contributed by atoms with Crippen LogP contribution < -0.4 is 76.9 Å². The second-order valence-corrected chi connectivity index (χ2v) is 28.1. The van der Waals surface area contributed by atoms with E-state index in [1.54, 1.807) is 35.8 Å². The maximum Gasteiger partial charge on any atom is 0.256 e. The molecule has 0 saturated heterocycles. The van der Waals surface area contributed by atoms with Crippen LogP contribution in [0.15, 0.2) is 255 Å². The molecule has 0 spiro atoms. The van der Waals surface area contributed by atoms with Gasteiger partial charge in [-0.1, -0.05) is 158 Å². The Morgan fingerprint density at radius 1 is 0.271 bits per heavy atom. The third-order valence-electron chi connectivity index (χ3n) is 21.4. The molecule has 6 aliphatic rings. The van der Waals surface area contributed by atoms with Gasteiger partial charge in [0, 0.05) is 91.7 Å². The van der Waals surface area contributed by atoms with E-state index in [1.165, 1.54) is 104 Å². The quantitative estimate of drug-likeness (QED) is 0.130. The molecule has 0 saturated carbocycles. The lowest BCUT2D eigenvalue weighted by molar-refractivity contribution is 0.487. The number of ether oxygens (including phenoxy) is 2. The van der Waals surface area contributed by atoms with Crippen molar-refractivity contribution in [1.29, 1.82) is 0 Å². The number of nitrogens with zero attached hydrogens (tertiary/aromatic N) is 6. The van der Waals surface area contributed by atoms with E-state index in [9.17, 15) is 0 Å². The second kappa shape index (κ2) is 19.7. The Balaban J connectivity index is 0.801. The Kier molecular flexibility index (Phi) is 11.0. The van der Waals surface area contributed by atoms with E-state index in [1.807, 2.05) is 0 Å². The average molecular weight is 1280 g/mol. The molecule has 0 fully saturated rings. The first-order chi connectivity index (χ1) is 47.5. The first kappa shape index (κ1) is 53.7. The van der Waals surface area contributed by atoms with E-state index in [0.717, 1.165) is 95.8 Å². The number of nitrogens with one attached hydrogen (secondary N) is 1. The molecule has 22 rings (SSSR count). The molecule has 16 aromatic rings. The Morgan fingerprint density at radius 2 is 0.604 bits per heavy atom. The van der Waals surface area contributed by atoms with Crippen LogP contribution in [0.5, 0.6) is 23.0 Å². The fourth-order valence-corrected chi connectivity index (χ4v) is 19.8. The van der Waals surface area contributed by atoms with Gasteiger partial charge in [0.15, 0.2) is 0 Å². The lowest BCUT2D eigenvalue weighted by Gasteiger charge is -2.45. The summed E-state index contributed by atoms with van der Waals surface area (Å²) in [6, 6.07) is 94.8. The maximum atomic E-state index is 7.23. The zero-order valence-corrected chi connectivity index (χ0v) is 54.7. The maximum absolute atomic E-state index is 7.23. The van der Waals surface area contributed by atoms with Crippen LogP contribution in [0.2, 0.25) is 0 Å². The topological polar surface area (TPSA) is 55.0 Å². The first-order valence-corrected chi connectivity index (χ1v) is 36.2. The number of hydrogen-bond donors (Lipinski definition) is 1. The van der Waals surface area contributed by atoms with Gasteiger partial charge in [0.1, 0.15) is 23.0 Å². The largest absolute Gasteiger partial charge is 0.458 e. The van der Waals surface area contributed by atoms with Gasteiger partial charge in [-0.25, -0.2) is 0 Å². The predicted molar refractivity (Wildman–Crippen MR) is 412 cm³/mol. The van der Waals surface area contributed by atoms with Gasteiger partial charge in [0.2, 0.25) is 0 Å². The molecule has 0 aliphatic carbocycles. The Morgan fingerprint density at radius 3 is 1.04 bits per heavy atom. The van der Waals surface area contributed by atoms with Gasteiger partial charge in [-0.3, -0.25) is 12.9 Å². The van der Waals surface area contributed by atoms with Crippen LogP contribution in [-0.2, 0) is 0 Å². The minimum Gasteiger partial charge on any atom is -0.458 e. The molecule has 13 aromatic carbocycles. The fourth-order valence-electron chi connectivity index (χ4n) is 17.7. The summed E-state index contributed by atoms with van der Waals surface area (Å²) < 4.78 is 29.3. The summed E-state index contributed by atoms with van der Waals surface area (Å²) >= 11 is 5.31. The lowest BCUT2D eigenvalue weighted by Crippen LogP contribution is -2.65. The molecular formula is C81H52B3N7O2S3. The molecule has 450 valence electrons. The molecule has 0 radical (unpaired) electrons. The molecule has 3 aromatic heterocycles. The molecule has 0 bridgehead atoms. The monoisotopic (exact) mass is 1280 g/mol. The fraction of sp³-hybridized carbons (Fsp3) is 0.0370. The molecule has 96 heavy (non-hydrogen) atoms. The molecule has 0 atom stereocenters. The van der Waals surface area contributed by atoms with Gasteiger partial charge < -0.3 is 28.5 Å². The highest BCUT2D eigenvalue weighted by Crippen LogP contribution is 2.50. The zero-order valence-electron chi connectivity index (χ0n) is 52.2. The minimum atomic E-state index is -0.181.